The number of nitrogens with one attached hydrogen (secondary N) is 2. The van der Waals surface area contributed by atoms with Crippen LogP contribution in [0.5, 0.6) is 0 Å². The van der Waals surface area contributed by atoms with Crippen LogP contribution in [-0.4, -0.2) is 98.9 Å². The van der Waals surface area contributed by atoms with Crippen LogP contribution in [0.3, 0.4) is 0 Å². The van der Waals surface area contributed by atoms with E-state index in [9.17, 15) is 19.2 Å². The average molecular weight is 567 g/mol. The van der Waals surface area contributed by atoms with Crippen LogP contribution in [-0.2, 0) is 16.1 Å². The summed E-state index contributed by atoms with van der Waals surface area (Å²) in [5.41, 5.74) is 1.33. The Labute approximate surface area is 236 Å². The van der Waals surface area contributed by atoms with E-state index < -0.39 is 0 Å². The second-order valence-electron chi connectivity index (χ2n) is 10.2. The van der Waals surface area contributed by atoms with E-state index >= 15 is 0 Å². The van der Waals surface area contributed by atoms with Crippen molar-refractivity contribution >= 4 is 57.6 Å². The third-order valence-electron chi connectivity index (χ3n) is 7.02. The Morgan fingerprint density at radius 1 is 1.05 bits per heavy atom. The molecule has 12 nitrogen and oxygen atoms in total. The summed E-state index contributed by atoms with van der Waals surface area (Å²) in [6, 6.07) is 9.83. The molecule has 210 valence electrons. The maximum atomic E-state index is 13.4. The summed E-state index contributed by atoms with van der Waals surface area (Å²) in [7, 11) is 2.02. The van der Waals surface area contributed by atoms with Gasteiger partial charge in [-0.25, -0.2) is 9.78 Å². The van der Waals surface area contributed by atoms with Gasteiger partial charge < -0.3 is 25.3 Å². The molecule has 0 bridgehead atoms. The first kappa shape index (κ1) is 27.5. The normalized spacial score (nSPS) is 15.6. The van der Waals surface area contributed by atoms with Crippen LogP contribution >= 0.6 is 11.6 Å². The molecule has 1 aliphatic carbocycles. The Balaban J connectivity index is 1.30. The fourth-order valence-electron chi connectivity index (χ4n) is 4.69. The molecule has 0 radical (unpaired) electrons. The Morgan fingerprint density at radius 3 is 2.48 bits per heavy atom. The number of hydrogen-bond acceptors (Lipinski definition) is 7. The van der Waals surface area contributed by atoms with Crippen LogP contribution in [0.2, 0.25) is 5.15 Å². The van der Waals surface area contributed by atoms with Crippen molar-refractivity contribution in [1.82, 2.24) is 29.5 Å². The molecule has 40 heavy (non-hydrogen) atoms. The minimum absolute atomic E-state index is 0.0314. The van der Waals surface area contributed by atoms with Crippen LogP contribution in [0.15, 0.2) is 36.4 Å². The molecule has 2 aromatic heterocycles. The molecule has 0 spiro atoms. The number of fused-ring (bicyclic) bond motifs is 1. The number of nitrogens with zero attached hydrogens (tertiary/aromatic N) is 6. The van der Waals surface area contributed by atoms with Crippen LogP contribution in [0.25, 0.3) is 10.9 Å². The summed E-state index contributed by atoms with van der Waals surface area (Å²) in [5, 5.41) is 10.8. The van der Waals surface area contributed by atoms with Crippen molar-refractivity contribution in [3.05, 3.63) is 47.2 Å². The highest BCUT2D eigenvalue weighted by molar-refractivity contribution is 6.29. The molecule has 3 heterocycles. The van der Waals surface area contributed by atoms with Crippen LogP contribution < -0.4 is 10.6 Å². The zero-order chi connectivity index (χ0) is 28.4. The number of benzene rings is 1. The van der Waals surface area contributed by atoms with Crippen molar-refractivity contribution in [2.45, 2.75) is 32.4 Å². The zero-order valence-corrected chi connectivity index (χ0v) is 23.1. The lowest BCUT2D eigenvalue weighted by Gasteiger charge is -2.32. The first-order chi connectivity index (χ1) is 19.2. The first-order valence-electron chi connectivity index (χ1n) is 13.2. The molecule has 3 aromatic rings. The highest BCUT2D eigenvalue weighted by Gasteiger charge is 2.34. The van der Waals surface area contributed by atoms with Crippen LogP contribution in [0.4, 0.5) is 16.3 Å². The topological polar surface area (TPSA) is 133 Å². The van der Waals surface area contributed by atoms with E-state index in [1.54, 1.807) is 41.3 Å². The number of ketones is 1. The summed E-state index contributed by atoms with van der Waals surface area (Å²) in [6.07, 6.45) is 1.62. The Kier molecular flexibility index (Phi) is 7.99. The van der Waals surface area contributed by atoms with Gasteiger partial charge in [0.15, 0.2) is 5.78 Å². The third-order valence-corrected chi connectivity index (χ3v) is 7.23. The lowest BCUT2D eigenvalue weighted by Crippen LogP contribution is -2.48. The molecular weight excluding hydrogens is 536 g/mol. The second-order valence-corrected chi connectivity index (χ2v) is 10.5. The van der Waals surface area contributed by atoms with Gasteiger partial charge in [-0.3, -0.25) is 19.1 Å². The molecule has 1 aromatic carbocycles. The number of anilines is 2. The largest absolute Gasteiger partial charge is 0.329 e. The maximum Gasteiger partial charge on any atom is 0.321 e. The van der Waals surface area contributed by atoms with Crippen LogP contribution in [0.1, 0.15) is 30.3 Å². The van der Waals surface area contributed by atoms with Crippen LogP contribution in [0, 0.1) is 0 Å². The zero-order valence-electron chi connectivity index (χ0n) is 22.4. The standard InChI is InChI=1S/C27H31ClN8O4/c1-17(37)26-20-14-18(29-27(40)34-12-10-33(2)11-13-34)6-9-21(20)36(32-26)16-25(39)35(19-7-8-19)15-24(38)31-23-5-3-4-22(28)30-23/h3-6,9,14,19H,7-8,10-13,15-16H2,1-2H3,(H,29,40)(H,30,31,38). The Hall–Kier alpha value is -4.03. The van der Waals surface area contributed by atoms with E-state index in [1.807, 2.05) is 7.05 Å². The summed E-state index contributed by atoms with van der Waals surface area (Å²) in [5.74, 6) is -0.624. The van der Waals surface area contributed by atoms with Crippen molar-refractivity contribution < 1.29 is 19.2 Å². The summed E-state index contributed by atoms with van der Waals surface area (Å²) in [6.45, 7) is 4.00. The summed E-state index contributed by atoms with van der Waals surface area (Å²) >= 11 is 5.90. The smallest absolute Gasteiger partial charge is 0.321 e. The number of hydrogen-bond donors (Lipinski definition) is 2. The van der Waals surface area contributed by atoms with Gasteiger partial charge in [-0.2, -0.15) is 5.10 Å². The molecule has 0 unspecified atom stereocenters. The SMILES string of the molecule is CC(=O)c1nn(CC(=O)N(CC(=O)Nc2cccc(Cl)n2)C2CC2)c2ccc(NC(=O)N3CCN(C)CC3)cc12. The average Bonchev–Trinajstić information content (AvgIpc) is 3.69. The number of carbonyl (C=O) groups is 4. The molecule has 5 rings (SSSR count). The molecule has 1 saturated heterocycles. The van der Waals surface area contributed by atoms with E-state index in [0.29, 0.717) is 35.5 Å². The van der Waals surface area contributed by atoms with Gasteiger partial charge in [0.2, 0.25) is 11.8 Å². The highest BCUT2D eigenvalue weighted by Crippen LogP contribution is 2.28. The van der Waals surface area contributed by atoms with E-state index in [2.05, 4.69) is 25.6 Å². The molecule has 1 aliphatic heterocycles. The number of piperazine rings is 1. The minimum Gasteiger partial charge on any atom is -0.329 e. The van der Waals surface area contributed by atoms with Crippen molar-refractivity contribution in [3.63, 3.8) is 0 Å². The number of amides is 4. The van der Waals surface area contributed by atoms with Gasteiger partial charge in [-0.1, -0.05) is 17.7 Å². The molecular formula is C27H31ClN8O4. The van der Waals surface area contributed by atoms with E-state index in [1.165, 1.54) is 16.5 Å². The lowest BCUT2D eigenvalue weighted by molar-refractivity contribution is -0.135. The van der Waals surface area contributed by atoms with Gasteiger partial charge in [0.1, 0.15) is 29.8 Å². The molecule has 2 aliphatic rings. The molecule has 1 saturated carbocycles. The number of pyridine rings is 1. The van der Waals surface area contributed by atoms with Crippen molar-refractivity contribution in [2.24, 2.45) is 0 Å². The van der Waals surface area contributed by atoms with Gasteiger partial charge >= 0.3 is 6.03 Å². The number of halogens is 1. The van der Waals surface area contributed by atoms with Gasteiger partial charge in [-0.05, 0) is 50.2 Å². The predicted molar refractivity (Wildman–Crippen MR) is 150 cm³/mol. The van der Waals surface area contributed by atoms with Crippen molar-refractivity contribution in [1.29, 1.82) is 0 Å². The number of rotatable bonds is 8. The van der Waals surface area contributed by atoms with E-state index in [-0.39, 0.29) is 53.6 Å². The van der Waals surface area contributed by atoms with E-state index in [4.69, 9.17) is 11.6 Å². The highest BCUT2D eigenvalue weighted by atomic mass is 35.5. The minimum atomic E-state index is -0.384. The quantitative estimate of drug-likeness (QED) is 0.316. The monoisotopic (exact) mass is 566 g/mol. The molecule has 4 amide bonds. The number of Topliss-reactive ketones (excluding diaryl/α,β-unsaturated/α-hetero) is 1. The maximum absolute atomic E-state index is 13.4. The number of likely N-dealkylation sites (N-methyl/N-ethyl adjacent to an activating group) is 1. The lowest BCUT2D eigenvalue weighted by atomic mass is 10.1. The fourth-order valence-corrected chi connectivity index (χ4v) is 4.85. The van der Waals surface area contributed by atoms with Gasteiger partial charge in [0, 0.05) is 50.2 Å². The van der Waals surface area contributed by atoms with Gasteiger partial charge in [0.05, 0.1) is 5.52 Å². The molecule has 13 heteroatoms. The Morgan fingerprint density at radius 2 is 1.80 bits per heavy atom. The summed E-state index contributed by atoms with van der Waals surface area (Å²) < 4.78 is 1.48. The number of aromatic nitrogens is 3. The fraction of sp³-hybridized carbons (Fsp3) is 0.407. The van der Waals surface area contributed by atoms with Gasteiger partial charge in [-0.15, -0.1) is 0 Å². The van der Waals surface area contributed by atoms with E-state index in [0.717, 1.165) is 25.9 Å². The predicted octanol–water partition coefficient (Wildman–Crippen LogP) is 2.70. The summed E-state index contributed by atoms with van der Waals surface area (Å²) in [4.78, 5) is 60.7. The molecule has 0 atom stereocenters. The first-order valence-corrected chi connectivity index (χ1v) is 13.5. The second kappa shape index (κ2) is 11.6. The van der Waals surface area contributed by atoms with Gasteiger partial charge in [0.25, 0.3) is 0 Å². The van der Waals surface area contributed by atoms with Crippen molar-refractivity contribution in [2.75, 3.05) is 50.4 Å². The number of urea groups is 1. The Bertz CT molecular complexity index is 1460. The molecule has 2 N–H and O–H groups in total. The van der Waals surface area contributed by atoms with Crippen molar-refractivity contribution in [3.8, 4) is 0 Å². The molecule has 2 fully saturated rings. The number of carbonyl (C=O) groups excluding carboxylic acids is 4. The third kappa shape index (κ3) is 6.40.